The van der Waals surface area contributed by atoms with Gasteiger partial charge in [0.05, 0.1) is 6.54 Å². The molecule has 2 aliphatic rings. The fraction of sp³-hybridized carbons (Fsp3) is 0.550. The molecule has 0 radical (unpaired) electrons. The van der Waals surface area contributed by atoms with E-state index in [4.69, 9.17) is 0 Å². The fourth-order valence-corrected chi connectivity index (χ4v) is 3.98. The third kappa shape index (κ3) is 4.13. The zero-order chi connectivity index (χ0) is 19.4. The number of carbonyl (C=O) groups is 3. The molecule has 3 N–H and O–H groups in total. The van der Waals surface area contributed by atoms with Gasteiger partial charge in [-0.25, -0.2) is 4.79 Å². The number of hydrogen-bond donors (Lipinski definition) is 3. The minimum absolute atomic E-state index is 0.00439. The number of imide groups is 1. The van der Waals surface area contributed by atoms with Crippen molar-refractivity contribution in [3.8, 4) is 0 Å². The van der Waals surface area contributed by atoms with Gasteiger partial charge in [0, 0.05) is 6.04 Å². The van der Waals surface area contributed by atoms with Gasteiger partial charge >= 0.3 is 6.03 Å². The molecule has 1 aromatic carbocycles. The molecule has 1 aromatic rings. The Morgan fingerprint density at radius 1 is 1.15 bits per heavy atom. The molecule has 1 aliphatic carbocycles. The van der Waals surface area contributed by atoms with Crippen molar-refractivity contribution >= 4 is 17.8 Å². The van der Waals surface area contributed by atoms with Crippen LogP contribution in [0.1, 0.15) is 57.6 Å². The Morgan fingerprint density at radius 3 is 2.44 bits per heavy atom. The largest absolute Gasteiger partial charge is 0.344 e. The lowest BCUT2D eigenvalue weighted by atomic mass is 9.82. The van der Waals surface area contributed by atoms with Crippen LogP contribution >= 0.6 is 0 Å². The molecule has 1 saturated carbocycles. The fourth-order valence-electron chi connectivity index (χ4n) is 3.98. The van der Waals surface area contributed by atoms with Gasteiger partial charge in [0.1, 0.15) is 5.54 Å². The summed E-state index contributed by atoms with van der Waals surface area (Å²) in [6.45, 7) is 4.17. The van der Waals surface area contributed by atoms with Crippen LogP contribution in [0.5, 0.6) is 0 Å². The SMILES string of the molecule is CC(C)C(NCC(=O)NN1C(=O)NC2(CCCCC2)C1=O)c1ccccc1. The Kier molecular flexibility index (Phi) is 5.79. The van der Waals surface area contributed by atoms with E-state index >= 15 is 0 Å². The van der Waals surface area contributed by atoms with Gasteiger partial charge < -0.3 is 10.6 Å². The van der Waals surface area contributed by atoms with E-state index in [1.54, 1.807) is 0 Å². The van der Waals surface area contributed by atoms with Gasteiger partial charge in [-0.15, -0.1) is 0 Å². The summed E-state index contributed by atoms with van der Waals surface area (Å²) in [4.78, 5) is 37.3. The zero-order valence-electron chi connectivity index (χ0n) is 16.0. The summed E-state index contributed by atoms with van der Waals surface area (Å²) in [7, 11) is 0. The molecule has 0 bridgehead atoms. The summed E-state index contributed by atoms with van der Waals surface area (Å²) in [5.41, 5.74) is 2.73. The second kappa shape index (κ2) is 8.08. The summed E-state index contributed by atoms with van der Waals surface area (Å²) in [5.74, 6) is -0.473. The van der Waals surface area contributed by atoms with Crippen molar-refractivity contribution in [1.29, 1.82) is 0 Å². The van der Waals surface area contributed by atoms with E-state index in [2.05, 4.69) is 29.9 Å². The lowest BCUT2D eigenvalue weighted by molar-refractivity contribution is -0.139. The van der Waals surface area contributed by atoms with Gasteiger partial charge in [-0.05, 0) is 24.3 Å². The standard InChI is InChI=1S/C20H28N4O3/c1-14(2)17(15-9-5-3-6-10-15)21-13-16(25)23-24-18(26)20(22-19(24)27)11-7-4-8-12-20/h3,5-6,9-10,14,17,21H,4,7-8,11-13H2,1-2H3,(H,22,27)(H,23,25). The van der Waals surface area contributed by atoms with Crippen LogP contribution in [0, 0.1) is 5.92 Å². The number of rotatable bonds is 6. The summed E-state index contributed by atoms with van der Waals surface area (Å²) < 4.78 is 0. The average Bonchev–Trinajstić information content (AvgIpc) is 2.87. The summed E-state index contributed by atoms with van der Waals surface area (Å²) in [5, 5.41) is 6.86. The van der Waals surface area contributed by atoms with Gasteiger partial charge in [0.25, 0.3) is 11.8 Å². The number of nitrogens with zero attached hydrogens (tertiary/aromatic N) is 1. The van der Waals surface area contributed by atoms with E-state index in [0.29, 0.717) is 12.8 Å². The Balaban J connectivity index is 1.59. The van der Waals surface area contributed by atoms with E-state index in [-0.39, 0.29) is 24.4 Å². The van der Waals surface area contributed by atoms with E-state index < -0.39 is 17.5 Å². The van der Waals surface area contributed by atoms with Crippen LogP contribution < -0.4 is 16.1 Å². The Bertz CT molecular complexity index is 698. The van der Waals surface area contributed by atoms with Gasteiger partial charge in [-0.1, -0.05) is 63.4 Å². The van der Waals surface area contributed by atoms with Gasteiger partial charge in [-0.2, -0.15) is 5.01 Å². The quantitative estimate of drug-likeness (QED) is 0.668. The zero-order valence-corrected chi connectivity index (χ0v) is 16.0. The van der Waals surface area contributed by atoms with Crippen LogP contribution in [0.3, 0.4) is 0 Å². The van der Waals surface area contributed by atoms with Gasteiger partial charge in [0.15, 0.2) is 0 Å². The Morgan fingerprint density at radius 2 is 1.81 bits per heavy atom. The van der Waals surface area contributed by atoms with Crippen molar-refractivity contribution in [2.45, 2.75) is 57.5 Å². The van der Waals surface area contributed by atoms with E-state index in [0.717, 1.165) is 29.8 Å². The number of carbonyl (C=O) groups excluding carboxylic acids is 3. The highest BCUT2D eigenvalue weighted by Gasteiger charge is 2.52. The molecule has 3 rings (SSSR count). The van der Waals surface area contributed by atoms with Crippen molar-refractivity contribution in [3.05, 3.63) is 35.9 Å². The van der Waals surface area contributed by atoms with Gasteiger partial charge in [0.2, 0.25) is 0 Å². The number of hydrogen-bond acceptors (Lipinski definition) is 4. The van der Waals surface area contributed by atoms with Crippen molar-refractivity contribution in [2.75, 3.05) is 6.54 Å². The molecule has 1 atom stereocenters. The molecule has 0 aromatic heterocycles. The van der Waals surface area contributed by atoms with Crippen molar-refractivity contribution in [1.82, 2.24) is 21.1 Å². The van der Waals surface area contributed by atoms with E-state index in [1.165, 1.54) is 0 Å². The first-order valence-corrected chi connectivity index (χ1v) is 9.67. The lowest BCUT2D eigenvalue weighted by Gasteiger charge is -2.30. The smallest absolute Gasteiger partial charge is 0.322 e. The van der Waals surface area contributed by atoms with E-state index in [1.807, 2.05) is 30.3 Å². The second-order valence-electron chi connectivity index (χ2n) is 7.76. The second-order valence-corrected chi connectivity index (χ2v) is 7.76. The third-order valence-corrected chi connectivity index (χ3v) is 5.41. The monoisotopic (exact) mass is 372 g/mol. The number of benzene rings is 1. The molecule has 7 nitrogen and oxygen atoms in total. The summed E-state index contributed by atoms with van der Waals surface area (Å²) in [6.07, 6.45) is 4.14. The van der Waals surface area contributed by atoms with Crippen LogP contribution in [0.2, 0.25) is 0 Å². The summed E-state index contributed by atoms with van der Waals surface area (Å²) >= 11 is 0. The molecule has 4 amide bonds. The van der Waals surface area contributed by atoms with Crippen LogP contribution in [0.25, 0.3) is 0 Å². The number of urea groups is 1. The van der Waals surface area contributed by atoms with Crippen LogP contribution in [0.15, 0.2) is 30.3 Å². The maximum Gasteiger partial charge on any atom is 0.344 e. The topological polar surface area (TPSA) is 90.5 Å². The molecule has 1 saturated heterocycles. The molecule has 1 aliphatic heterocycles. The first-order chi connectivity index (χ1) is 12.9. The average molecular weight is 372 g/mol. The normalized spacial score (nSPS) is 20.0. The summed E-state index contributed by atoms with van der Waals surface area (Å²) in [6, 6.07) is 9.36. The lowest BCUT2D eigenvalue weighted by Crippen LogP contribution is -2.52. The van der Waals surface area contributed by atoms with Crippen molar-refractivity contribution < 1.29 is 14.4 Å². The molecular weight excluding hydrogens is 344 g/mol. The van der Waals surface area contributed by atoms with Crippen molar-refractivity contribution in [3.63, 3.8) is 0 Å². The van der Waals surface area contributed by atoms with Gasteiger partial charge in [-0.3, -0.25) is 15.0 Å². The molecule has 1 spiro atoms. The molecule has 2 fully saturated rings. The highest BCUT2D eigenvalue weighted by molar-refractivity contribution is 6.08. The Hall–Kier alpha value is -2.41. The minimum atomic E-state index is -0.833. The van der Waals surface area contributed by atoms with E-state index in [9.17, 15) is 14.4 Å². The number of amides is 4. The molecule has 7 heteroatoms. The third-order valence-electron chi connectivity index (χ3n) is 5.41. The maximum atomic E-state index is 12.7. The molecule has 146 valence electrons. The molecule has 27 heavy (non-hydrogen) atoms. The highest BCUT2D eigenvalue weighted by Crippen LogP contribution is 2.33. The number of nitrogens with one attached hydrogen (secondary N) is 3. The minimum Gasteiger partial charge on any atom is -0.322 e. The van der Waals surface area contributed by atoms with Crippen LogP contribution in [0.4, 0.5) is 4.79 Å². The van der Waals surface area contributed by atoms with Crippen molar-refractivity contribution in [2.24, 2.45) is 5.92 Å². The van der Waals surface area contributed by atoms with Crippen LogP contribution in [-0.2, 0) is 9.59 Å². The number of hydrazine groups is 1. The predicted octanol–water partition coefficient (Wildman–Crippen LogP) is 2.26. The Labute approximate surface area is 159 Å². The molecule has 1 unspecified atom stereocenters. The highest BCUT2D eigenvalue weighted by atomic mass is 16.2. The molecule has 1 heterocycles. The molecular formula is C20H28N4O3. The first-order valence-electron chi connectivity index (χ1n) is 9.67. The predicted molar refractivity (Wildman–Crippen MR) is 101 cm³/mol. The maximum absolute atomic E-state index is 12.7. The first kappa shape index (κ1) is 19.4. The van der Waals surface area contributed by atoms with Crippen LogP contribution in [-0.4, -0.2) is 34.9 Å².